The zero-order valence-corrected chi connectivity index (χ0v) is 12.4. The largest absolute Gasteiger partial charge is 0.491 e. The predicted octanol–water partition coefficient (Wildman–Crippen LogP) is 3.23. The summed E-state index contributed by atoms with van der Waals surface area (Å²) >= 11 is 7.33. The summed E-state index contributed by atoms with van der Waals surface area (Å²) in [5.74, 6) is 0.533. The maximum absolute atomic E-state index is 11.9. The second-order valence-corrected chi connectivity index (χ2v) is 5.01. The van der Waals surface area contributed by atoms with Crippen molar-refractivity contribution >= 4 is 39.1 Å². The third-order valence-electron chi connectivity index (χ3n) is 2.33. The van der Waals surface area contributed by atoms with Gasteiger partial charge in [0.2, 0.25) is 0 Å². The number of fused-ring (bicyclic) bond motifs is 1. The van der Waals surface area contributed by atoms with Gasteiger partial charge >= 0.3 is 5.97 Å². The number of aryl methyl sites for hydroxylation is 1. The van der Waals surface area contributed by atoms with E-state index < -0.39 is 5.97 Å². The van der Waals surface area contributed by atoms with E-state index in [0.717, 1.165) is 0 Å². The zero-order chi connectivity index (χ0) is 14.0. The fourth-order valence-electron chi connectivity index (χ4n) is 1.65. The van der Waals surface area contributed by atoms with E-state index in [4.69, 9.17) is 21.1 Å². The highest BCUT2D eigenvalue weighted by atomic mass is 35.5. The maximum atomic E-state index is 11.9. The average Bonchev–Trinajstić information content (AvgIpc) is 2.69. The molecule has 2 rings (SSSR count). The van der Waals surface area contributed by atoms with Crippen LogP contribution in [0.15, 0.2) is 0 Å². The Kier molecular flexibility index (Phi) is 4.21. The van der Waals surface area contributed by atoms with Gasteiger partial charge in [-0.3, -0.25) is 0 Å². The second kappa shape index (κ2) is 5.71. The van der Waals surface area contributed by atoms with Crippen LogP contribution in [-0.2, 0) is 4.74 Å². The first-order chi connectivity index (χ1) is 9.08. The number of carbonyl (C=O) groups is 1. The van der Waals surface area contributed by atoms with Crippen molar-refractivity contribution in [1.82, 2.24) is 9.97 Å². The first kappa shape index (κ1) is 14.0. The Morgan fingerprint density at radius 1 is 1.32 bits per heavy atom. The lowest BCUT2D eigenvalue weighted by Gasteiger charge is -2.05. The molecule has 0 aromatic carbocycles. The number of hydrogen-bond acceptors (Lipinski definition) is 6. The van der Waals surface area contributed by atoms with Crippen molar-refractivity contribution in [2.24, 2.45) is 0 Å². The summed E-state index contributed by atoms with van der Waals surface area (Å²) in [6, 6.07) is 0. The van der Waals surface area contributed by atoms with Gasteiger partial charge in [-0.05, 0) is 20.8 Å². The fraction of sp³-hybridized carbons (Fsp3) is 0.417. The van der Waals surface area contributed by atoms with E-state index in [1.54, 1.807) is 13.8 Å². The quantitative estimate of drug-likeness (QED) is 0.641. The number of esters is 1. The number of thiophene rings is 1. The molecular formula is C12H13ClN2O3S. The van der Waals surface area contributed by atoms with Crippen LogP contribution in [0, 0.1) is 6.92 Å². The minimum Gasteiger partial charge on any atom is -0.491 e. The Morgan fingerprint density at radius 3 is 2.68 bits per heavy atom. The Hall–Kier alpha value is -1.40. The molecule has 0 bridgehead atoms. The van der Waals surface area contributed by atoms with E-state index in [0.29, 0.717) is 39.9 Å². The molecule has 0 radical (unpaired) electrons. The van der Waals surface area contributed by atoms with E-state index in [1.807, 2.05) is 6.92 Å². The van der Waals surface area contributed by atoms with Crippen LogP contribution in [0.1, 0.15) is 29.3 Å². The molecule has 0 spiro atoms. The van der Waals surface area contributed by atoms with E-state index >= 15 is 0 Å². The summed E-state index contributed by atoms with van der Waals surface area (Å²) < 4.78 is 10.5. The summed E-state index contributed by atoms with van der Waals surface area (Å²) in [4.78, 5) is 21.3. The summed E-state index contributed by atoms with van der Waals surface area (Å²) in [5.41, 5.74) is 0. The van der Waals surface area contributed by atoms with Crippen LogP contribution in [0.3, 0.4) is 0 Å². The van der Waals surface area contributed by atoms with Crippen LogP contribution < -0.4 is 4.74 Å². The van der Waals surface area contributed by atoms with Crippen molar-refractivity contribution in [2.75, 3.05) is 13.2 Å². The van der Waals surface area contributed by atoms with Crippen LogP contribution in [-0.4, -0.2) is 29.2 Å². The molecule has 5 nitrogen and oxygen atoms in total. The topological polar surface area (TPSA) is 61.3 Å². The third-order valence-corrected chi connectivity index (χ3v) is 3.64. The summed E-state index contributed by atoms with van der Waals surface area (Å²) in [7, 11) is 0. The van der Waals surface area contributed by atoms with E-state index in [9.17, 15) is 4.79 Å². The van der Waals surface area contributed by atoms with Gasteiger partial charge in [-0.1, -0.05) is 11.6 Å². The third kappa shape index (κ3) is 2.64. The number of hydrogen-bond donors (Lipinski definition) is 0. The van der Waals surface area contributed by atoms with Crippen LogP contribution in [0.4, 0.5) is 0 Å². The standard InChI is InChI=1S/C12H13ClN2O3S/c1-4-17-8-7-10(13)14-6(3)15-11(7)19-9(8)12(16)18-5-2/h4-5H2,1-3H3. The number of nitrogens with zero attached hydrogens (tertiary/aromatic N) is 2. The number of carbonyl (C=O) groups excluding carboxylic acids is 1. The highest BCUT2D eigenvalue weighted by Crippen LogP contribution is 2.40. The minimum atomic E-state index is -0.428. The lowest BCUT2D eigenvalue weighted by molar-refractivity contribution is 0.0528. The molecule has 0 unspecified atom stereocenters. The minimum absolute atomic E-state index is 0.290. The summed E-state index contributed by atoms with van der Waals surface area (Å²) in [6.45, 7) is 6.05. The average molecular weight is 301 g/mol. The maximum Gasteiger partial charge on any atom is 0.352 e. The van der Waals surface area contributed by atoms with Gasteiger partial charge in [0, 0.05) is 0 Å². The SMILES string of the molecule is CCOC(=O)c1sc2nc(C)nc(Cl)c2c1OCC. The second-order valence-electron chi connectivity index (χ2n) is 3.66. The molecule has 2 aromatic heterocycles. The Balaban J connectivity index is 2.66. The zero-order valence-electron chi connectivity index (χ0n) is 10.8. The molecule has 0 aliphatic heterocycles. The lowest BCUT2D eigenvalue weighted by atomic mass is 10.3. The van der Waals surface area contributed by atoms with Crippen molar-refractivity contribution in [3.05, 3.63) is 15.9 Å². The normalized spacial score (nSPS) is 10.7. The number of rotatable bonds is 4. The fourth-order valence-corrected chi connectivity index (χ4v) is 3.06. The number of aromatic nitrogens is 2. The van der Waals surface area contributed by atoms with Crippen molar-refractivity contribution in [1.29, 1.82) is 0 Å². The lowest BCUT2D eigenvalue weighted by Crippen LogP contribution is -2.05. The van der Waals surface area contributed by atoms with Crippen LogP contribution in [0.2, 0.25) is 5.15 Å². The Bertz CT molecular complexity index is 627. The highest BCUT2D eigenvalue weighted by Gasteiger charge is 2.24. The number of ether oxygens (including phenoxy) is 2. The first-order valence-corrected chi connectivity index (χ1v) is 7.04. The molecule has 2 aromatic rings. The summed E-state index contributed by atoms with van der Waals surface area (Å²) in [6.07, 6.45) is 0. The highest BCUT2D eigenvalue weighted by molar-refractivity contribution is 7.21. The van der Waals surface area contributed by atoms with Crippen molar-refractivity contribution < 1.29 is 14.3 Å². The molecule has 0 N–H and O–H groups in total. The molecule has 0 saturated heterocycles. The van der Waals surface area contributed by atoms with Gasteiger partial charge < -0.3 is 9.47 Å². The van der Waals surface area contributed by atoms with Gasteiger partial charge in [0.1, 0.15) is 15.8 Å². The monoisotopic (exact) mass is 300 g/mol. The molecule has 2 heterocycles. The summed E-state index contributed by atoms with van der Waals surface area (Å²) in [5, 5.41) is 0.861. The molecular weight excluding hydrogens is 288 g/mol. The van der Waals surface area contributed by atoms with Crippen molar-refractivity contribution in [2.45, 2.75) is 20.8 Å². The molecule has 0 atom stereocenters. The molecule has 0 aliphatic carbocycles. The Morgan fingerprint density at radius 2 is 2.05 bits per heavy atom. The van der Waals surface area contributed by atoms with E-state index in [-0.39, 0.29) is 5.15 Å². The van der Waals surface area contributed by atoms with E-state index in [2.05, 4.69) is 9.97 Å². The first-order valence-electron chi connectivity index (χ1n) is 5.85. The van der Waals surface area contributed by atoms with Crippen LogP contribution in [0.25, 0.3) is 10.2 Å². The van der Waals surface area contributed by atoms with Gasteiger partial charge in [-0.25, -0.2) is 14.8 Å². The Labute approximate surface area is 119 Å². The molecule has 102 valence electrons. The van der Waals surface area contributed by atoms with Gasteiger partial charge in [-0.2, -0.15) is 0 Å². The molecule has 0 fully saturated rings. The molecule has 0 saturated carbocycles. The molecule has 7 heteroatoms. The molecule has 0 aliphatic rings. The predicted molar refractivity (Wildman–Crippen MR) is 74.3 cm³/mol. The molecule has 0 amide bonds. The van der Waals surface area contributed by atoms with Gasteiger partial charge in [0.05, 0.1) is 18.6 Å². The van der Waals surface area contributed by atoms with Crippen LogP contribution in [0.5, 0.6) is 5.75 Å². The van der Waals surface area contributed by atoms with Gasteiger partial charge in [0.15, 0.2) is 10.6 Å². The van der Waals surface area contributed by atoms with Crippen molar-refractivity contribution in [3.63, 3.8) is 0 Å². The van der Waals surface area contributed by atoms with Crippen molar-refractivity contribution in [3.8, 4) is 5.75 Å². The van der Waals surface area contributed by atoms with Gasteiger partial charge in [-0.15, -0.1) is 11.3 Å². The number of halogens is 1. The van der Waals surface area contributed by atoms with Crippen LogP contribution >= 0.6 is 22.9 Å². The van der Waals surface area contributed by atoms with E-state index in [1.165, 1.54) is 11.3 Å². The smallest absolute Gasteiger partial charge is 0.352 e. The van der Waals surface area contributed by atoms with Gasteiger partial charge in [0.25, 0.3) is 0 Å². The molecule has 19 heavy (non-hydrogen) atoms.